The van der Waals surface area contributed by atoms with Crippen LogP contribution in [0.15, 0.2) is 42.6 Å². The van der Waals surface area contributed by atoms with Crippen molar-refractivity contribution in [2.45, 2.75) is 26.8 Å². The molecular weight excluding hydrogens is 400 g/mol. The maximum Gasteiger partial charge on any atom is 0.269 e. The number of nitrogens with one attached hydrogen (secondary N) is 1. The molecule has 0 radical (unpaired) electrons. The van der Waals surface area contributed by atoms with Gasteiger partial charge in [-0.15, -0.1) is 0 Å². The fraction of sp³-hybridized carbons (Fsp3) is 0.364. The summed E-state index contributed by atoms with van der Waals surface area (Å²) in [5.41, 5.74) is 4.57. The molecule has 0 bridgehead atoms. The number of halogens is 1. The molecule has 0 aliphatic carbocycles. The molecule has 0 saturated carbocycles. The lowest BCUT2D eigenvalue weighted by molar-refractivity contribution is 0.0947. The van der Waals surface area contributed by atoms with E-state index in [0.29, 0.717) is 17.9 Å². The van der Waals surface area contributed by atoms with Crippen molar-refractivity contribution >= 4 is 23.3 Å². The Labute approximate surface area is 182 Å². The van der Waals surface area contributed by atoms with Crippen LogP contribution in [0.1, 0.15) is 42.0 Å². The van der Waals surface area contributed by atoms with E-state index in [1.807, 2.05) is 44.2 Å². The van der Waals surface area contributed by atoms with E-state index in [0.717, 1.165) is 26.1 Å². The van der Waals surface area contributed by atoms with E-state index in [1.54, 1.807) is 5.01 Å². The minimum atomic E-state index is -0.267. The molecule has 8 heteroatoms. The van der Waals surface area contributed by atoms with E-state index >= 15 is 0 Å². The third-order valence-electron chi connectivity index (χ3n) is 4.63. The van der Waals surface area contributed by atoms with Crippen LogP contribution in [0.3, 0.4) is 0 Å². The van der Waals surface area contributed by atoms with Gasteiger partial charge in [-0.25, -0.2) is 4.98 Å². The molecule has 3 rings (SSSR count). The van der Waals surface area contributed by atoms with Gasteiger partial charge in [0, 0.05) is 31.7 Å². The summed E-state index contributed by atoms with van der Waals surface area (Å²) >= 11 is 6.24. The standard InChI is InChI=1S/C22H25ClN6O/c1-16(2)14-29(21-19(23)13-25-20(12-24)26-21)27-22(30)18-8-6-17(7-9-18)15-28-10-4-3-5-11-28/h3-4,6-9,13,16H,5,10-11,14-15H2,1-2H3,(H,27,30). The van der Waals surface area contributed by atoms with Crippen molar-refractivity contribution in [2.24, 2.45) is 5.92 Å². The number of benzene rings is 1. The Morgan fingerprint density at radius 2 is 2.10 bits per heavy atom. The summed E-state index contributed by atoms with van der Waals surface area (Å²) in [7, 11) is 0. The van der Waals surface area contributed by atoms with E-state index in [-0.39, 0.29) is 22.7 Å². The van der Waals surface area contributed by atoms with Gasteiger partial charge in [0.05, 0.1) is 6.20 Å². The molecule has 1 aromatic heterocycles. The highest BCUT2D eigenvalue weighted by Crippen LogP contribution is 2.22. The molecule has 7 nitrogen and oxygen atoms in total. The number of nitriles is 1. The van der Waals surface area contributed by atoms with Crippen LogP contribution < -0.4 is 10.4 Å². The first kappa shape index (κ1) is 21.8. The van der Waals surface area contributed by atoms with Crippen LogP contribution in [-0.4, -0.2) is 40.4 Å². The number of carbonyl (C=O) groups is 1. The Kier molecular flexibility index (Phi) is 7.39. The second kappa shape index (κ2) is 10.2. The number of nitrogens with zero attached hydrogens (tertiary/aromatic N) is 5. The number of anilines is 1. The Morgan fingerprint density at radius 3 is 2.73 bits per heavy atom. The van der Waals surface area contributed by atoms with Gasteiger partial charge in [-0.05, 0) is 30.0 Å². The molecule has 156 valence electrons. The molecule has 1 N–H and O–H groups in total. The topological polar surface area (TPSA) is 85.2 Å². The van der Waals surface area contributed by atoms with Gasteiger partial charge in [0.1, 0.15) is 11.1 Å². The number of hydrogen-bond donors (Lipinski definition) is 1. The molecule has 0 atom stereocenters. The molecule has 1 aromatic carbocycles. The van der Waals surface area contributed by atoms with Gasteiger partial charge in [-0.2, -0.15) is 10.2 Å². The molecule has 0 saturated heterocycles. The summed E-state index contributed by atoms with van der Waals surface area (Å²) in [6.07, 6.45) is 6.83. The Morgan fingerprint density at radius 1 is 1.33 bits per heavy atom. The van der Waals surface area contributed by atoms with Gasteiger partial charge in [-0.1, -0.05) is 49.7 Å². The lowest BCUT2D eigenvalue weighted by atomic mass is 10.1. The number of hydrogen-bond acceptors (Lipinski definition) is 6. The first-order valence-electron chi connectivity index (χ1n) is 9.93. The van der Waals surface area contributed by atoms with E-state index in [1.165, 1.54) is 11.8 Å². The molecule has 0 fully saturated rings. The molecule has 1 aliphatic rings. The third kappa shape index (κ3) is 5.78. The van der Waals surface area contributed by atoms with Crippen molar-refractivity contribution < 1.29 is 4.79 Å². The summed E-state index contributed by atoms with van der Waals surface area (Å²) < 4.78 is 0. The maximum absolute atomic E-state index is 12.9. The van der Waals surface area contributed by atoms with E-state index in [9.17, 15) is 4.79 Å². The molecular formula is C22H25ClN6O. The summed E-state index contributed by atoms with van der Waals surface area (Å²) in [6, 6.07) is 9.49. The SMILES string of the molecule is CC(C)CN(NC(=O)c1ccc(CN2CC=CCC2)cc1)c1nc(C#N)ncc1Cl. The van der Waals surface area contributed by atoms with E-state index in [4.69, 9.17) is 16.9 Å². The molecule has 30 heavy (non-hydrogen) atoms. The number of hydrazine groups is 1. The van der Waals surface area contributed by atoms with Crippen LogP contribution in [0.5, 0.6) is 0 Å². The lowest BCUT2D eigenvalue weighted by Crippen LogP contribution is -2.45. The number of aromatic nitrogens is 2. The summed E-state index contributed by atoms with van der Waals surface area (Å²) in [6.45, 7) is 7.38. The largest absolute Gasteiger partial charge is 0.295 e. The molecule has 0 spiro atoms. The van der Waals surface area contributed by atoms with Gasteiger partial charge < -0.3 is 0 Å². The quantitative estimate of drug-likeness (QED) is 0.540. The lowest BCUT2D eigenvalue weighted by Gasteiger charge is -2.26. The number of amides is 1. The van der Waals surface area contributed by atoms with Gasteiger partial charge in [0.25, 0.3) is 5.91 Å². The number of carbonyl (C=O) groups excluding carboxylic acids is 1. The maximum atomic E-state index is 12.9. The zero-order chi connectivity index (χ0) is 21.5. The molecule has 2 heterocycles. The average Bonchev–Trinajstić information content (AvgIpc) is 2.74. The van der Waals surface area contributed by atoms with Gasteiger partial charge in [0.15, 0.2) is 5.82 Å². The Hall–Kier alpha value is -2.95. The van der Waals surface area contributed by atoms with Crippen LogP contribution in [0.4, 0.5) is 5.82 Å². The van der Waals surface area contributed by atoms with E-state index < -0.39 is 0 Å². The van der Waals surface area contributed by atoms with Crippen molar-refractivity contribution in [3.05, 3.63) is 64.6 Å². The molecule has 1 aliphatic heterocycles. The Balaban J connectivity index is 1.72. The van der Waals surface area contributed by atoms with Crippen LogP contribution >= 0.6 is 11.6 Å². The van der Waals surface area contributed by atoms with Crippen molar-refractivity contribution in [2.75, 3.05) is 24.6 Å². The third-order valence-corrected chi connectivity index (χ3v) is 4.90. The monoisotopic (exact) mass is 424 g/mol. The highest BCUT2D eigenvalue weighted by atomic mass is 35.5. The normalized spacial score (nSPS) is 13.8. The van der Waals surface area contributed by atoms with Crippen LogP contribution in [0, 0.1) is 17.2 Å². The highest BCUT2D eigenvalue weighted by molar-refractivity contribution is 6.32. The highest BCUT2D eigenvalue weighted by Gasteiger charge is 2.19. The van der Waals surface area contributed by atoms with Gasteiger partial charge in [-0.3, -0.25) is 20.1 Å². The molecule has 2 aromatic rings. The molecule has 1 amide bonds. The van der Waals surface area contributed by atoms with Crippen LogP contribution in [0.2, 0.25) is 5.02 Å². The zero-order valence-corrected chi connectivity index (χ0v) is 17.9. The zero-order valence-electron chi connectivity index (χ0n) is 17.2. The Bertz CT molecular complexity index is 951. The second-order valence-electron chi connectivity index (χ2n) is 7.61. The molecule has 0 unspecified atom stereocenters. The second-order valence-corrected chi connectivity index (χ2v) is 8.02. The fourth-order valence-electron chi connectivity index (χ4n) is 3.19. The first-order valence-corrected chi connectivity index (χ1v) is 10.3. The minimum Gasteiger partial charge on any atom is -0.295 e. The minimum absolute atomic E-state index is 0.00526. The van der Waals surface area contributed by atoms with Gasteiger partial charge in [0.2, 0.25) is 5.82 Å². The van der Waals surface area contributed by atoms with Crippen molar-refractivity contribution in [1.82, 2.24) is 20.3 Å². The average molecular weight is 425 g/mol. The first-order chi connectivity index (χ1) is 14.5. The van der Waals surface area contributed by atoms with Gasteiger partial charge >= 0.3 is 0 Å². The van der Waals surface area contributed by atoms with Crippen LogP contribution in [-0.2, 0) is 6.54 Å². The summed E-state index contributed by atoms with van der Waals surface area (Å²) in [5.74, 6) is 0.258. The van der Waals surface area contributed by atoms with Crippen molar-refractivity contribution in [1.29, 1.82) is 5.26 Å². The predicted molar refractivity (Wildman–Crippen MR) is 117 cm³/mol. The predicted octanol–water partition coefficient (Wildman–Crippen LogP) is 3.57. The fourth-order valence-corrected chi connectivity index (χ4v) is 3.38. The summed E-state index contributed by atoms with van der Waals surface area (Å²) in [4.78, 5) is 23.2. The van der Waals surface area contributed by atoms with Crippen molar-refractivity contribution in [3.63, 3.8) is 0 Å². The van der Waals surface area contributed by atoms with Crippen LogP contribution in [0.25, 0.3) is 0 Å². The van der Waals surface area contributed by atoms with E-state index in [2.05, 4.69) is 32.4 Å². The summed E-state index contributed by atoms with van der Waals surface area (Å²) in [5, 5.41) is 10.9. The number of rotatable bonds is 7. The smallest absolute Gasteiger partial charge is 0.269 e. The van der Waals surface area contributed by atoms with Crippen molar-refractivity contribution in [3.8, 4) is 6.07 Å².